The molecule has 4 rings (SSSR count). The number of sulfonamides is 1. The monoisotopic (exact) mass is 452 g/mol. The first-order valence-corrected chi connectivity index (χ1v) is 11.7. The van der Waals surface area contributed by atoms with Gasteiger partial charge >= 0.3 is 0 Å². The number of carbonyl (C=O) groups is 1. The fraction of sp³-hybridized carbons (Fsp3) is 0.208. The molecule has 1 heterocycles. The van der Waals surface area contributed by atoms with E-state index in [0.717, 1.165) is 16.7 Å². The second-order valence-electron chi connectivity index (χ2n) is 7.59. The number of amides is 1. The molecule has 8 heteroatoms. The van der Waals surface area contributed by atoms with Crippen LogP contribution in [0, 0.1) is 6.92 Å². The van der Waals surface area contributed by atoms with Crippen LogP contribution in [0.3, 0.4) is 0 Å². The van der Waals surface area contributed by atoms with Gasteiger partial charge in [0.1, 0.15) is 0 Å². The highest BCUT2D eigenvalue weighted by molar-refractivity contribution is 7.89. The van der Waals surface area contributed by atoms with Crippen LogP contribution in [-0.2, 0) is 16.6 Å². The van der Waals surface area contributed by atoms with E-state index < -0.39 is 10.0 Å². The predicted octanol–water partition coefficient (Wildman–Crippen LogP) is 3.69. The van der Waals surface area contributed by atoms with Gasteiger partial charge in [0.25, 0.3) is 5.91 Å². The van der Waals surface area contributed by atoms with Crippen molar-refractivity contribution in [2.45, 2.75) is 31.3 Å². The lowest BCUT2D eigenvalue weighted by atomic mass is 10.0. The molecule has 1 aliphatic rings. The number of benzene rings is 3. The topological polar surface area (TPSA) is 93.7 Å². The van der Waals surface area contributed by atoms with Gasteiger partial charge in [-0.1, -0.05) is 36.4 Å². The number of carbonyl (C=O) groups excluding carboxylic acids is 1. The molecule has 3 aromatic carbocycles. The van der Waals surface area contributed by atoms with Gasteiger partial charge in [-0.05, 0) is 60.9 Å². The van der Waals surface area contributed by atoms with Crippen molar-refractivity contribution in [1.82, 2.24) is 10.0 Å². The van der Waals surface area contributed by atoms with Gasteiger partial charge < -0.3 is 14.8 Å². The summed E-state index contributed by atoms with van der Waals surface area (Å²) < 4.78 is 38.8. The second kappa shape index (κ2) is 9.02. The molecule has 2 N–H and O–H groups in total. The number of hydrogen-bond acceptors (Lipinski definition) is 5. The van der Waals surface area contributed by atoms with Crippen molar-refractivity contribution < 1.29 is 22.7 Å². The zero-order valence-corrected chi connectivity index (χ0v) is 18.6. The van der Waals surface area contributed by atoms with Crippen LogP contribution in [0.2, 0.25) is 0 Å². The first kappa shape index (κ1) is 21.9. The molecule has 0 saturated carbocycles. The lowest BCUT2D eigenvalue weighted by Gasteiger charge is -2.17. The highest BCUT2D eigenvalue weighted by atomic mass is 32.2. The highest BCUT2D eigenvalue weighted by Gasteiger charge is 2.19. The van der Waals surface area contributed by atoms with Crippen LogP contribution in [0.15, 0.2) is 71.6 Å². The second-order valence-corrected chi connectivity index (χ2v) is 9.36. The zero-order valence-electron chi connectivity index (χ0n) is 17.8. The van der Waals surface area contributed by atoms with E-state index in [1.54, 1.807) is 30.3 Å². The Hall–Kier alpha value is -3.36. The third kappa shape index (κ3) is 4.76. The molecule has 0 radical (unpaired) electrons. The largest absolute Gasteiger partial charge is 0.454 e. The van der Waals surface area contributed by atoms with E-state index >= 15 is 0 Å². The molecule has 1 atom stereocenters. The highest BCUT2D eigenvalue weighted by Crippen LogP contribution is 2.32. The Morgan fingerprint density at radius 1 is 1.00 bits per heavy atom. The number of fused-ring (bicyclic) bond motifs is 1. The number of aryl methyl sites for hydroxylation is 1. The fourth-order valence-electron chi connectivity index (χ4n) is 3.55. The lowest BCUT2D eigenvalue weighted by Crippen LogP contribution is -2.28. The van der Waals surface area contributed by atoms with Crippen molar-refractivity contribution in [3.8, 4) is 11.5 Å². The van der Waals surface area contributed by atoms with E-state index in [0.29, 0.717) is 11.5 Å². The van der Waals surface area contributed by atoms with Gasteiger partial charge in [0.15, 0.2) is 11.5 Å². The molecule has 0 saturated heterocycles. The van der Waals surface area contributed by atoms with Crippen molar-refractivity contribution in [1.29, 1.82) is 0 Å². The quantitative estimate of drug-likeness (QED) is 0.570. The minimum absolute atomic E-state index is 0.0226. The molecular formula is C24H24N2O5S. The lowest BCUT2D eigenvalue weighted by molar-refractivity contribution is 0.0939. The molecule has 0 aliphatic carbocycles. The Morgan fingerprint density at radius 3 is 2.59 bits per heavy atom. The summed E-state index contributed by atoms with van der Waals surface area (Å²) in [5, 5.41) is 2.93. The van der Waals surface area contributed by atoms with Crippen molar-refractivity contribution >= 4 is 15.9 Å². The van der Waals surface area contributed by atoms with Crippen LogP contribution < -0.4 is 19.5 Å². The number of rotatable bonds is 7. The molecule has 1 aliphatic heterocycles. The van der Waals surface area contributed by atoms with Gasteiger partial charge in [0.05, 0.1) is 10.9 Å². The van der Waals surface area contributed by atoms with E-state index in [4.69, 9.17) is 9.47 Å². The van der Waals surface area contributed by atoms with Gasteiger partial charge in [0, 0.05) is 12.1 Å². The molecule has 166 valence electrons. The van der Waals surface area contributed by atoms with Gasteiger partial charge in [-0.25, -0.2) is 13.1 Å². The average Bonchev–Trinajstić information content (AvgIpc) is 3.26. The predicted molar refractivity (Wildman–Crippen MR) is 120 cm³/mol. The van der Waals surface area contributed by atoms with E-state index in [-0.39, 0.29) is 35.7 Å². The number of nitrogens with one attached hydrogen (secondary N) is 2. The summed E-state index contributed by atoms with van der Waals surface area (Å²) in [5.41, 5.74) is 3.09. The normalized spacial score (nSPS) is 13.6. The van der Waals surface area contributed by atoms with Crippen molar-refractivity contribution in [3.05, 3.63) is 89.0 Å². The third-order valence-corrected chi connectivity index (χ3v) is 6.71. The number of ether oxygens (including phenoxy) is 2. The van der Waals surface area contributed by atoms with Gasteiger partial charge in [-0.15, -0.1) is 0 Å². The molecule has 0 fully saturated rings. The van der Waals surface area contributed by atoms with Crippen LogP contribution in [-0.4, -0.2) is 21.1 Å². The van der Waals surface area contributed by atoms with E-state index in [9.17, 15) is 13.2 Å². The molecule has 32 heavy (non-hydrogen) atoms. The maximum absolute atomic E-state index is 12.8. The van der Waals surface area contributed by atoms with Crippen LogP contribution in [0.5, 0.6) is 11.5 Å². The Balaban J connectivity index is 1.45. The molecular weight excluding hydrogens is 428 g/mol. The Kier molecular flexibility index (Phi) is 6.16. The standard InChI is InChI=1S/C24H24N2O5S/c1-16-6-3-4-9-21(16)17(2)26-24(27)19-7-5-8-20(13-19)32(28,29)25-14-18-10-11-22-23(12-18)31-15-30-22/h3-13,17,25H,14-15H2,1-2H3,(H,26,27). The number of hydrogen-bond donors (Lipinski definition) is 2. The minimum atomic E-state index is -3.82. The first-order chi connectivity index (χ1) is 15.3. The molecule has 0 bridgehead atoms. The fourth-order valence-corrected chi connectivity index (χ4v) is 4.61. The van der Waals surface area contributed by atoms with Gasteiger partial charge in [0.2, 0.25) is 16.8 Å². The average molecular weight is 453 g/mol. The third-order valence-electron chi connectivity index (χ3n) is 5.31. The summed E-state index contributed by atoms with van der Waals surface area (Å²) >= 11 is 0. The molecule has 0 spiro atoms. The van der Waals surface area contributed by atoms with Crippen LogP contribution in [0.25, 0.3) is 0 Å². The molecule has 7 nitrogen and oxygen atoms in total. The maximum atomic E-state index is 12.8. The zero-order chi connectivity index (χ0) is 22.7. The van der Waals surface area contributed by atoms with Crippen molar-refractivity contribution in [2.24, 2.45) is 0 Å². The van der Waals surface area contributed by atoms with Crippen LogP contribution >= 0.6 is 0 Å². The van der Waals surface area contributed by atoms with Gasteiger partial charge in [-0.2, -0.15) is 0 Å². The summed E-state index contributed by atoms with van der Waals surface area (Å²) in [4.78, 5) is 12.8. The van der Waals surface area contributed by atoms with E-state index in [1.165, 1.54) is 12.1 Å². The van der Waals surface area contributed by atoms with Crippen LogP contribution in [0.4, 0.5) is 0 Å². The van der Waals surface area contributed by atoms with E-state index in [1.807, 2.05) is 38.1 Å². The summed E-state index contributed by atoms with van der Waals surface area (Å²) in [7, 11) is -3.82. The summed E-state index contributed by atoms with van der Waals surface area (Å²) in [5.74, 6) is 0.881. The SMILES string of the molecule is Cc1ccccc1C(C)NC(=O)c1cccc(S(=O)(=O)NCc2ccc3c(c2)OCO3)c1. The summed E-state index contributed by atoms with van der Waals surface area (Å²) in [6.07, 6.45) is 0. The Bertz CT molecular complexity index is 1260. The Morgan fingerprint density at radius 2 is 1.78 bits per heavy atom. The van der Waals surface area contributed by atoms with Gasteiger partial charge in [-0.3, -0.25) is 4.79 Å². The summed E-state index contributed by atoms with van der Waals surface area (Å²) in [6.45, 7) is 4.12. The molecule has 1 unspecified atom stereocenters. The molecule has 1 amide bonds. The minimum Gasteiger partial charge on any atom is -0.454 e. The Labute approximate surface area is 187 Å². The van der Waals surface area contributed by atoms with Crippen molar-refractivity contribution in [3.63, 3.8) is 0 Å². The summed E-state index contributed by atoms with van der Waals surface area (Å²) in [6, 6.07) is 18.8. The first-order valence-electron chi connectivity index (χ1n) is 10.2. The van der Waals surface area contributed by atoms with Crippen molar-refractivity contribution in [2.75, 3.05) is 6.79 Å². The maximum Gasteiger partial charge on any atom is 0.251 e. The molecule has 0 aromatic heterocycles. The van der Waals surface area contributed by atoms with Crippen LogP contribution in [0.1, 0.15) is 40.0 Å². The van der Waals surface area contributed by atoms with E-state index in [2.05, 4.69) is 10.0 Å². The smallest absolute Gasteiger partial charge is 0.251 e. The molecule has 3 aromatic rings.